The molecule has 0 saturated heterocycles. The average Bonchev–Trinajstić information content (AvgIpc) is 3.04. The lowest BCUT2D eigenvalue weighted by Gasteiger charge is -2.24. The van der Waals surface area contributed by atoms with Gasteiger partial charge in [0.1, 0.15) is 5.82 Å². The third-order valence-electron chi connectivity index (χ3n) is 4.92. The lowest BCUT2D eigenvalue weighted by molar-refractivity contribution is -0.121. The largest absolute Gasteiger partial charge is 0.352 e. The molecule has 0 radical (unpaired) electrons. The number of carbonyl (C=O) groups is 1. The molecule has 1 unspecified atom stereocenters. The Balaban J connectivity index is 1.62. The maximum Gasteiger partial charge on any atom is 0.233 e. The van der Waals surface area contributed by atoms with E-state index in [2.05, 4.69) is 39.1 Å². The van der Waals surface area contributed by atoms with Gasteiger partial charge in [0.05, 0.1) is 5.25 Å². The van der Waals surface area contributed by atoms with E-state index in [9.17, 15) is 4.79 Å². The van der Waals surface area contributed by atoms with Crippen LogP contribution < -0.4 is 5.32 Å². The Hall–Kier alpha value is -1.82. The Bertz CT molecular complexity index is 710. The van der Waals surface area contributed by atoms with Gasteiger partial charge >= 0.3 is 0 Å². The van der Waals surface area contributed by atoms with Gasteiger partial charge in [0, 0.05) is 19.0 Å². The van der Waals surface area contributed by atoms with E-state index in [1.54, 1.807) is 0 Å². The van der Waals surface area contributed by atoms with Gasteiger partial charge in [-0.15, -0.1) is 10.2 Å². The van der Waals surface area contributed by atoms with Crippen LogP contribution in [-0.2, 0) is 17.8 Å². The molecule has 1 aromatic heterocycles. The SMILES string of the molecule is CCn1c(Cc2ccccc2)nnc1SC(C)C(=O)NC1CCCCC1. The van der Waals surface area contributed by atoms with Gasteiger partial charge in [-0.1, -0.05) is 61.4 Å². The van der Waals surface area contributed by atoms with Crippen LogP contribution >= 0.6 is 11.8 Å². The second-order valence-corrected chi connectivity index (χ2v) is 8.22. The summed E-state index contributed by atoms with van der Waals surface area (Å²) in [5.41, 5.74) is 1.22. The van der Waals surface area contributed by atoms with Crippen molar-refractivity contribution < 1.29 is 4.79 Å². The highest BCUT2D eigenvalue weighted by Gasteiger charge is 2.23. The van der Waals surface area contributed by atoms with Gasteiger partial charge in [0.15, 0.2) is 5.16 Å². The van der Waals surface area contributed by atoms with Gasteiger partial charge < -0.3 is 9.88 Å². The number of hydrogen-bond donors (Lipinski definition) is 1. The number of hydrogen-bond acceptors (Lipinski definition) is 4. The Morgan fingerprint density at radius 1 is 1.23 bits per heavy atom. The zero-order chi connectivity index (χ0) is 18.4. The van der Waals surface area contributed by atoms with Gasteiger partial charge in [-0.25, -0.2) is 0 Å². The van der Waals surface area contributed by atoms with Crippen molar-refractivity contribution in [2.24, 2.45) is 0 Å². The highest BCUT2D eigenvalue weighted by Crippen LogP contribution is 2.24. The van der Waals surface area contributed by atoms with Crippen LogP contribution in [0.15, 0.2) is 35.5 Å². The van der Waals surface area contributed by atoms with Crippen molar-refractivity contribution in [3.63, 3.8) is 0 Å². The summed E-state index contributed by atoms with van der Waals surface area (Å²) >= 11 is 1.50. The van der Waals surface area contributed by atoms with Gasteiger partial charge in [0.25, 0.3) is 0 Å². The van der Waals surface area contributed by atoms with E-state index in [1.165, 1.54) is 36.6 Å². The minimum atomic E-state index is -0.170. The van der Waals surface area contributed by atoms with Crippen LogP contribution in [0, 0.1) is 0 Å². The molecule has 1 fully saturated rings. The molecule has 0 spiro atoms. The molecule has 5 nitrogen and oxygen atoms in total. The van der Waals surface area contributed by atoms with Gasteiger partial charge in [0.2, 0.25) is 5.91 Å². The molecule has 3 rings (SSSR count). The Kier molecular flexibility index (Phi) is 6.72. The van der Waals surface area contributed by atoms with Crippen LogP contribution in [0.2, 0.25) is 0 Å². The highest BCUT2D eigenvalue weighted by atomic mass is 32.2. The van der Waals surface area contributed by atoms with Gasteiger partial charge in [-0.3, -0.25) is 4.79 Å². The standard InChI is InChI=1S/C20H28N4OS/c1-3-24-18(14-16-10-6-4-7-11-16)22-23-20(24)26-15(2)19(25)21-17-12-8-5-9-13-17/h4,6-7,10-11,15,17H,3,5,8-9,12-14H2,1-2H3,(H,21,25). The molecule has 1 aliphatic carbocycles. The Morgan fingerprint density at radius 3 is 2.65 bits per heavy atom. The van der Waals surface area contributed by atoms with Crippen LogP contribution in [0.25, 0.3) is 0 Å². The maximum absolute atomic E-state index is 12.5. The van der Waals surface area contributed by atoms with Gasteiger partial charge in [-0.2, -0.15) is 0 Å². The molecular formula is C20H28N4OS. The average molecular weight is 373 g/mol. The maximum atomic E-state index is 12.5. The first kappa shape index (κ1) is 19.0. The number of aromatic nitrogens is 3. The summed E-state index contributed by atoms with van der Waals surface area (Å²) in [4.78, 5) is 12.5. The molecule has 1 atom stereocenters. The van der Waals surface area contributed by atoms with E-state index in [0.717, 1.165) is 36.8 Å². The molecule has 1 heterocycles. The molecule has 2 aromatic rings. The normalized spacial score (nSPS) is 16.4. The molecule has 1 amide bonds. The van der Waals surface area contributed by atoms with Crippen molar-refractivity contribution in [2.75, 3.05) is 0 Å². The summed E-state index contributed by atoms with van der Waals surface area (Å²) in [6.45, 7) is 4.84. The number of rotatable bonds is 7. The fraction of sp³-hybridized carbons (Fsp3) is 0.550. The zero-order valence-electron chi connectivity index (χ0n) is 15.6. The van der Waals surface area contributed by atoms with E-state index < -0.39 is 0 Å². The van der Waals surface area contributed by atoms with Gasteiger partial charge in [-0.05, 0) is 32.3 Å². The summed E-state index contributed by atoms with van der Waals surface area (Å²) in [5.74, 6) is 1.05. The topological polar surface area (TPSA) is 59.8 Å². The monoisotopic (exact) mass is 372 g/mol. The van der Waals surface area contributed by atoms with Crippen molar-refractivity contribution in [1.29, 1.82) is 0 Å². The van der Waals surface area contributed by atoms with E-state index in [0.29, 0.717) is 6.04 Å². The second-order valence-electron chi connectivity index (χ2n) is 6.91. The van der Waals surface area contributed by atoms with E-state index in [1.807, 2.05) is 25.1 Å². The van der Waals surface area contributed by atoms with E-state index >= 15 is 0 Å². The van der Waals surface area contributed by atoms with Crippen molar-refractivity contribution in [3.05, 3.63) is 41.7 Å². The number of carbonyl (C=O) groups excluding carboxylic acids is 1. The molecule has 140 valence electrons. The fourth-order valence-corrected chi connectivity index (χ4v) is 4.35. The lowest BCUT2D eigenvalue weighted by atomic mass is 9.95. The molecule has 1 aliphatic rings. The first-order valence-electron chi connectivity index (χ1n) is 9.60. The first-order valence-corrected chi connectivity index (χ1v) is 10.5. The minimum absolute atomic E-state index is 0.108. The molecule has 26 heavy (non-hydrogen) atoms. The van der Waals surface area contributed by atoms with E-state index in [4.69, 9.17) is 0 Å². The minimum Gasteiger partial charge on any atom is -0.352 e. The predicted octanol–water partition coefficient (Wildman–Crippen LogP) is 3.82. The molecule has 1 aromatic carbocycles. The number of thioether (sulfide) groups is 1. The number of nitrogens with zero attached hydrogens (tertiary/aromatic N) is 3. The van der Waals surface area contributed by atoms with Crippen LogP contribution in [0.5, 0.6) is 0 Å². The summed E-state index contributed by atoms with van der Waals surface area (Å²) in [6.07, 6.45) is 6.70. The third-order valence-corrected chi connectivity index (χ3v) is 6.00. The summed E-state index contributed by atoms with van der Waals surface area (Å²) < 4.78 is 2.11. The summed E-state index contributed by atoms with van der Waals surface area (Å²) in [7, 11) is 0. The van der Waals surface area contributed by atoms with Crippen molar-refractivity contribution in [1.82, 2.24) is 20.1 Å². The molecular weight excluding hydrogens is 344 g/mol. The molecule has 0 aliphatic heterocycles. The Labute approximate surface area is 160 Å². The number of amides is 1. The lowest BCUT2D eigenvalue weighted by Crippen LogP contribution is -2.40. The highest BCUT2D eigenvalue weighted by molar-refractivity contribution is 8.00. The first-order chi connectivity index (χ1) is 12.7. The molecule has 1 saturated carbocycles. The zero-order valence-corrected chi connectivity index (χ0v) is 16.5. The molecule has 0 bridgehead atoms. The Morgan fingerprint density at radius 2 is 1.96 bits per heavy atom. The smallest absolute Gasteiger partial charge is 0.233 e. The van der Waals surface area contributed by atoms with Crippen LogP contribution in [0.1, 0.15) is 57.3 Å². The second kappa shape index (κ2) is 9.21. The van der Waals surface area contributed by atoms with E-state index in [-0.39, 0.29) is 11.2 Å². The molecule has 6 heteroatoms. The van der Waals surface area contributed by atoms with Crippen molar-refractivity contribution in [2.45, 2.75) is 75.4 Å². The quantitative estimate of drug-likeness (QED) is 0.751. The van der Waals surface area contributed by atoms with Crippen LogP contribution in [0.4, 0.5) is 0 Å². The van der Waals surface area contributed by atoms with Crippen LogP contribution in [0.3, 0.4) is 0 Å². The third kappa shape index (κ3) is 4.87. The van der Waals surface area contributed by atoms with Crippen LogP contribution in [-0.4, -0.2) is 32.0 Å². The molecule has 1 N–H and O–H groups in total. The van der Waals surface area contributed by atoms with Crippen molar-refractivity contribution in [3.8, 4) is 0 Å². The summed E-state index contributed by atoms with van der Waals surface area (Å²) in [5, 5.41) is 12.6. The number of nitrogens with one attached hydrogen (secondary N) is 1. The fourth-order valence-electron chi connectivity index (χ4n) is 3.41. The summed E-state index contributed by atoms with van der Waals surface area (Å²) in [6, 6.07) is 10.6. The van der Waals surface area contributed by atoms with Crippen molar-refractivity contribution >= 4 is 17.7 Å². The predicted molar refractivity (Wildman–Crippen MR) is 105 cm³/mol. The number of benzene rings is 1.